The first-order valence-electron chi connectivity index (χ1n) is 5.66. The Hall–Kier alpha value is -2.03. The molecule has 0 aliphatic rings. The third kappa shape index (κ3) is 1.32. The number of H-pyrrole nitrogens is 1. The monoisotopic (exact) mass is 226 g/mol. The van der Waals surface area contributed by atoms with Crippen molar-refractivity contribution in [2.24, 2.45) is 7.05 Å². The fourth-order valence-electron chi connectivity index (χ4n) is 2.60. The van der Waals surface area contributed by atoms with Crippen LogP contribution in [0.25, 0.3) is 21.8 Å². The molecule has 0 spiro atoms. The second-order valence-corrected chi connectivity index (χ2v) is 4.60. The standard InChI is InChI=1S/C14H14N2O/c1-8-4-5-12-10(6-8)11-7-13(17)15-9(2)14(11)16(12)3/h4-7H,1-3H3,(H,15,17). The predicted molar refractivity (Wildman–Crippen MR) is 70.5 cm³/mol. The molecule has 0 fully saturated rings. The van der Waals surface area contributed by atoms with Crippen LogP contribution < -0.4 is 5.56 Å². The summed E-state index contributed by atoms with van der Waals surface area (Å²) in [5.41, 5.74) is 4.36. The molecule has 0 unspecified atom stereocenters. The Kier molecular flexibility index (Phi) is 1.93. The quantitative estimate of drug-likeness (QED) is 0.628. The first-order chi connectivity index (χ1) is 8.08. The largest absolute Gasteiger partial charge is 0.342 e. The van der Waals surface area contributed by atoms with E-state index in [0.29, 0.717) is 0 Å². The SMILES string of the molecule is Cc1ccc2c(c1)c1cc(=O)[nH]c(C)c1n2C. The number of pyridine rings is 1. The fraction of sp³-hybridized carbons (Fsp3) is 0.214. The molecule has 86 valence electrons. The number of hydrogen-bond acceptors (Lipinski definition) is 1. The second-order valence-electron chi connectivity index (χ2n) is 4.60. The lowest BCUT2D eigenvalue weighted by atomic mass is 10.1. The number of benzene rings is 1. The molecule has 3 heteroatoms. The molecule has 3 rings (SSSR count). The molecule has 0 atom stereocenters. The Labute approximate surface area is 98.7 Å². The molecule has 1 aromatic carbocycles. The third-order valence-corrected chi connectivity index (χ3v) is 3.34. The van der Waals surface area contributed by atoms with E-state index in [1.54, 1.807) is 6.07 Å². The van der Waals surface area contributed by atoms with Crippen molar-refractivity contribution < 1.29 is 0 Å². The molecular formula is C14H14N2O. The molecule has 1 N–H and O–H groups in total. The Morgan fingerprint density at radius 3 is 2.65 bits per heavy atom. The van der Waals surface area contributed by atoms with Gasteiger partial charge in [-0.25, -0.2) is 0 Å². The highest BCUT2D eigenvalue weighted by atomic mass is 16.1. The highest BCUT2D eigenvalue weighted by Crippen LogP contribution is 2.28. The maximum Gasteiger partial charge on any atom is 0.248 e. The van der Waals surface area contributed by atoms with Gasteiger partial charge in [-0.05, 0) is 26.0 Å². The average Bonchev–Trinajstić information content (AvgIpc) is 2.52. The third-order valence-electron chi connectivity index (χ3n) is 3.34. The minimum Gasteiger partial charge on any atom is -0.342 e. The smallest absolute Gasteiger partial charge is 0.248 e. The van der Waals surface area contributed by atoms with Crippen molar-refractivity contribution in [1.29, 1.82) is 0 Å². The van der Waals surface area contributed by atoms with E-state index in [-0.39, 0.29) is 5.56 Å². The molecule has 0 radical (unpaired) electrons. The first-order valence-corrected chi connectivity index (χ1v) is 5.66. The van der Waals surface area contributed by atoms with Gasteiger partial charge in [0, 0.05) is 35.1 Å². The van der Waals surface area contributed by atoms with Crippen LogP contribution in [0.3, 0.4) is 0 Å². The van der Waals surface area contributed by atoms with E-state index in [4.69, 9.17) is 0 Å². The Morgan fingerprint density at radius 1 is 1.12 bits per heavy atom. The van der Waals surface area contributed by atoms with E-state index in [9.17, 15) is 4.79 Å². The zero-order valence-corrected chi connectivity index (χ0v) is 10.2. The topological polar surface area (TPSA) is 37.8 Å². The molecule has 2 heterocycles. The molecule has 3 aromatic rings. The van der Waals surface area contributed by atoms with Crippen LogP contribution in [0.2, 0.25) is 0 Å². The summed E-state index contributed by atoms with van der Waals surface area (Å²) in [5, 5.41) is 2.18. The van der Waals surface area contributed by atoms with Gasteiger partial charge in [-0.1, -0.05) is 11.6 Å². The van der Waals surface area contributed by atoms with Crippen LogP contribution in [0, 0.1) is 13.8 Å². The van der Waals surface area contributed by atoms with Gasteiger partial charge < -0.3 is 9.55 Å². The summed E-state index contributed by atoms with van der Waals surface area (Å²) < 4.78 is 2.13. The summed E-state index contributed by atoms with van der Waals surface area (Å²) in [7, 11) is 2.03. The summed E-state index contributed by atoms with van der Waals surface area (Å²) in [5.74, 6) is 0. The summed E-state index contributed by atoms with van der Waals surface area (Å²) in [6.07, 6.45) is 0. The van der Waals surface area contributed by atoms with Crippen molar-refractivity contribution in [3.8, 4) is 0 Å². The van der Waals surface area contributed by atoms with Crippen molar-refractivity contribution in [2.75, 3.05) is 0 Å². The number of hydrogen-bond donors (Lipinski definition) is 1. The van der Waals surface area contributed by atoms with Crippen molar-refractivity contribution in [3.63, 3.8) is 0 Å². The van der Waals surface area contributed by atoms with Gasteiger partial charge in [-0.3, -0.25) is 4.79 Å². The summed E-state index contributed by atoms with van der Waals surface area (Å²) in [6, 6.07) is 8.02. The molecular weight excluding hydrogens is 212 g/mol. The molecule has 0 saturated carbocycles. The van der Waals surface area contributed by atoms with Crippen molar-refractivity contribution in [2.45, 2.75) is 13.8 Å². The highest BCUT2D eigenvalue weighted by molar-refractivity contribution is 6.08. The van der Waals surface area contributed by atoms with Crippen LogP contribution in [0.4, 0.5) is 0 Å². The number of nitrogens with one attached hydrogen (secondary N) is 1. The highest BCUT2D eigenvalue weighted by Gasteiger charge is 2.10. The van der Waals surface area contributed by atoms with E-state index in [1.165, 1.54) is 5.56 Å². The van der Waals surface area contributed by atoms with Gasteiger partial charge in [0.2, 0.25) is 5.56 Å². The van der Waals surface area contributed by atoms with Crippen LogP contribution in [0.15, 0.2) is 29.1 Å². The maximum atomic E-state index is 11.6. The van der Waals surface area contributed by atoms with Crippen LogP contribution in [0.1, 0.15) is 11.3 Å². The fourth-order valence-corrected chi connectivity index (χ4v) is 2.60. The Bertz CT molecular complexity index is 793. The molecule has 2 aromatic heterocycles. The van der Waals surface area contributed by atoms with E-state index in [1.807, 2.05) is 14.0 Å². The summed E-state index contributed by atoms with van der Waals surface area (Å²) in [6.45, 7) is 4.01. The van der Waals surface area contributed by atoms with Gasteiger partial charge >= 0.3 is 0 Å². The minimum absolute atomic E-state index is 0.0380. The van der Waals surface area contributed by atoms with Gasteiger partial charge in [0.15, 0.2) is 0 Å². The zero-order chi connectivity index (χ0) is 12.2. The van der Waals surface area contributed by atoms with Crippen molar-refractivity contribution in [1.82, 2.24) is 9.55 Å². The molecule has 0 bridgehead atoms. The second kappa shape index (κ2) is 3.23. The normalized spacial score (nSPS) is 11.5. The van der Waals surface area contributed by atoms with Crippen molar-refractivity contribution in [3.05, 3.63) is 45.9 Å². The first kappa shape index (κ1) is 10.1. The van der Waals surface area contributed by atoms with E-state index in [0.717, 1.165) is 27.5 Å². The number of rotatable bonds is 0. The molecule has 0 aliphatic carbocycles. The lowest BCUT2D eigenvalue weighted by molar-refractivity contribution is 0.992. The lowest BCUT2D eigenvalue weighted by Gasteiger charge is -2.00. The van der Waals surface area contributed by atoms with Gasteiger partial charge in [0.25, 0.3) is 0 Å². The number of aromatic amines is 1. The van der Waals surface area contributed by atoms with Crippen LogP contribution in [0.5, 0.6) is 0 Å². The molecule has 0 saturated heterocycles. The number of nitrogens with zero attached hydrogens (tertiary/aromatic N) is 1. The van der Waals surface area contributed by atoms with Crippen LogP contribution in [-0.4, -0.2) is 9.55 Å². The van der Waals surface area contributed by atoms with Crippen molar-refractivity contribution >= 4 is 21.8 Å². The van der Waals surface area contributed by atoms with Gasteiger partial charge in [-0.2, -0.15) is 0 Å². The average molecular weight is 226 g/mol. The Balaban J connectivity index is 2.69. The molecule has 0 amide bonds. The Morgan fingerprint density at radius 2 is 1.88 bits per heavy atom. The lowest BCUT2D eigenvalue weighted by Crippen LogP contribution is -2.06. The zero-order valence-electron chi connectivity index (χ0n) is 10.2. The van der Waals surface area contributed by atoms with Gasteiger partial charge in [0.05, 0.1) is 5.52 Å². The predicted octanol–water partition coefficient (Wildman–Crippen LogP) is 2.64. The number of fused-ring (bicyclic) bond motifs is 3. The maximum absolute atomic E-state index is 11.6. The number of aromatic nitrogens is 2. The van der Waals surface area contributed by atoms with Gasteiger partial charge in [0.1, 0.15) is 0 Å². The molecule has 3 nitrogen and oxygen atoms in total. The van der Waals surface area contributed by atoms with Crippen LogP contribution >= 0.6 is 0 Å². The minimum atomic E-state index is -0.0380. The van der Waals surface area contributed by atoms with E-state index < -0.39 is 0 Å². The molecule has 0 aliphatic heterocycles. The van der Waals surface area contributed by atoms with E-state index >= 15 is 0 Å². The van der Waals surface area contributed by atoms with E-state index in [2.05, 4.69) is 34.7 Å². The van der Waals surface area contributed by atoms with Gasteiger partial charge in [-0.15, -0.1) is 0 Å². The summed E-state index contributed by atoms with van der Waals surface area (Å²) in [4.78, 5) is 14.4. The molecule has 17 heavy (non-hydrogen) atoms. The number of aryl methyl sites for hydroxylation is 3. The van der Waals surface area contributed by atoms with Crippen LogP contribution in [-0.2, 0) is 7.05 Å². The summed E-state index contributed by atoms with van der Waals surface area (Å²) >= 11 is 0.